The lowest BCUT2D eigenvalue weighted by Gasteiger charge is -2.65. The van der Waals surface area contributed by atoms with E-state index < -0.39 is 51.5 Å². The first-order valence-corrected chi connectivity index (χ1v) is 16.9. The molecule has 0 bridgehead atoms. The predicted molar refractivity (Wildman–Crippen MR) is 172 cm³/mol. The van der Waals surface area contributed by atoms with Crippen molar-refractivity contribution in [1.29, 1.82) is 0 Å². The van der Waals surface area contributed by atoms with Crippen LogP contribution in [0.4, 0.5) is 0 Å². The fraction of sp³-hybridized carbons (Fsp3) is 0.622. The summed E-state index contributed by atoms with van der Waals surface area (Å²) in [4.78, 5) is 3.78. The fourth-order valence-corrected chi connectivity index (χ4v) is 12.0. The minimum atomic E-state index is -1.29. The molecule has 2 aliphatic heterocycles. The van der Waals surface area contributed by atoms with Gasteiger partial charge in [-0.15, -0.1) is 0 Å². The van der Waals surface area contributed by atoms with Gasteiger partial charge in [0.15, 0.2) is 5.60 Å². The summed E-state index contributed by atoms with van der Waals surface area (Å²) in [6.07, 6.45) is 3.90. The van der Waals surface area contributed by atoms with Crippen molar-refractivity contribution in [1.82, 2.24) is 4.98 Å². The van der Waals surface area contributed by atoms with Crippen LogP contribution in [-0.2, 0) is 26.9 Å². The Bertz CT molecular complexity index is 1800. The Morgan fingerprint density at radius 2 is 1.93 bits per heavy atom. The van der Waals surface area contributed by atoms with Crippen LogP contribution in [0.25, 0.3) is 17.0 Å². The Morgan fingerprint density at radius 3 is 2.62 bits per heavy atom. The number of ether oxygens (including phenoxy) is 2. The van der Waals surface area contributed by atoms with E-state index in [1.807, 2.05) is 13.0 Å². The highest BCUT2D eigenvalue weighted by molar-refractivity contribution is 6.32. The number of aromatic amines is 1. The number of hydrogen-bond donors (Lipinski definition) is 5. The standard InChI is InChI=1S/C37H44ClNO6/c1-16(2)29-28(40)31-37(45-31)25(44-29)9-10-33(6)34(7)18(8-11-35(33,37)42)13-20-26-23(39-30(20)34)15-22(38)19-12-17(3)21-14-24(32(4,5)41)36(21,43)27(19)26/h13,15,21,24-25,28-29,31,39-43H,1,3,8-12,14H2,2,4-7H3/t21-,24-,25+,28+,29-,31+,33-,34-,35+,36?,37-/m1/s1. The number of allylic oxidation sites excluding steroid dienone is 1. The van der Waals surface area contributed by atoms with Crippen LogP contribution in [0.1, 0.15) is 89.1 Å². The van der Waals surface area contributed by atoms with Crippen LogP contribution in [0.2, 0.25) is 5.02 Å². The minimum Gasteiger partial charge on any atom is -0.390 e. The molecule has 2 aromatic rings. The Labute approximate surface area is 269 Å². The highest BCUT2D eigenvalue weighted by Crippen LogP contribution is 2.75. The molecule has 7 nitrogen and oxygen atoms in total. The number of rotatable bonds is 2. The first-order valence-electron chi connectivity index (χ1n) is 16.6. The first-order chi connectivity index (χ1) is 21.0. The quantitative estimate of drug-likeness (QED) is 0.225. The van der Waals surface area contributed by atoms with Crippen molar-refractivity contribution in [2.24, 2.45) is 17.3 Å². The second kappa shape index (κ2) is 8.18. The Morgan fingerprint density at radius 1 is 1.20 bits per heavy atom. The molecule has 1 spiro atoms. The van der Waals surface area contributed by atoms with E-state index in [2.05, 4.69) is 38.1 Å². The topological polar surface area (TPSA) is 118 Å². The molecule has 5 aliphatic carbocycles. The SMILES string of the molecule is C=C(C)[C@H]1O[C@H]2CC[C@@]3(C)[C@@](O)(CCC4=Cc5c([nH]c6cc(Cl)c7c(c56)C5(O)[C@H](C[C@@H]5C(C)(C)O)C(=C)C7)[C@@]43C)[C@@]23O[C@H]3[C@H]1O. The summed E-state index contributed by atoms with van der Waals surface area (Å²) in [7, 11) is 0. The molecule has 1 aromatic carbocycles. The van der Waals surface area contributed by atoms with E-state index in [-0.39, 0.29) is 17.9 Å². The van der Waals surface area contributed by atoms with Crippen molar-refractivity contribution in [3.05, 3.63) is 63.4 Å². The summed E-state index contributed by atoms with van der Waals surface area (Å²) in [6.45, 7) is 18.2. The monoisotopic (exact) mass is 633 g/mol. The van der Waals surface area contributed by atoms with Gasteiger partial charge in [0.05, 0.1) is 11.7 Å². The molecule has 9 rings (SSSR count). The van der Waals surface area contributed by atoms with Crippen LogP contribution >= 0.6 is 11.6 Å². The number of benzene rings is 1. The van der Waals surface area contributed by atoms with Gasteiger partial charge in [-0.1, -0.05) is 48.9 Å². The van der Waals surface area contributed by atoms with Crippen LogP contribution in [0.3, 0.4) is 0 Å². The summed E-state index contributed by atoms with van der Waals surface area (Å²) in [5, 5.41) is 49.7. The van der Waals surface area contributed by atoms with E-state index in [1.165, 1.54) is 5.57 Å². The van der Waals surface area contributed by atoms with Crippen molar-refractivity contribution >= 4 is 28.6 Å². The normalized spacial score (nSPS) is 47.3. The van der Waals surface area contributed by atoms with Gasteiger partial charge in [0.25, 0.3) is 0 Å². The minimum absolute atomic E-state index is 0.151. The molecule has 8 heteroatoms. The van der Waals surface area contributed by atoms with E-state index in [4.69, 9.17) is 21.1 Å². The lowest BCUT2D eigenvalue weighted by molar-refractivity contribution is -0.249. The fourth-order valence-electron chi connectivity index (χ4n) is 11.7. The van der Waals surface area contributed by atoms with Gasteiger partial charge in [0.2, 0.25) is 0 Å². The maximum atomic E-state index is 13.0. The highest BCUT2D eigenvalue weighted by atomic mass is 35.5. The molecule has 240 valence electrons. The summed E-state index contributed by atoms with van der Waals surface area (Å²) in [5.41, 5.74) is 1.75. The van der Waals surface area contributed by atoms with E-state index in [0.717, 1.165) is 44.4 Å². The van der Waals surface area contributed by atoms with Crippen molar-refractivity contribution in [3.8, 4) is 0 Å². The zero-order valence-electron chi connectivity index (χ0n) is 26.8. The van der Waals surface area contributed by atoms with Gasteiger partial charge < -0.3 is 34.9 Å². The molecule has 11 atom stereocenters. The molecule has 0 amide bonds. The maximum Gasteiger partial charge on any atom is 0.153 e. The van der Waals surface area contributed by atoms with Gasteiger partial charge in [-0.05, 0) is 89.0 Å². The average Bonchev–Trinajstić information content (AvgIpc) is 3.53. The maximum absolute atomic E-state index is 13.0. The third kappa shape index (κ3) is 2.91. The average molecular weight is 634 g/mol. The number of fused-ring (bicyclic) bond motifs is 11. The molecule has 1 aromatic heterocycles. The molecule has 5 N–H and O–H groups in total. The number of aliphatic hydroxyl groups is 4. The number of halogens is 1. The van der Waals surface area contributed by atoms with Crippen molar-refractivity contribution < 1.29 is 29.9 Å². The van der Waals surface area contributed by atoms with Gasteiger partial charge >= 0.3 is 0 Å². The summed E-state index contributed by atoms with van der Waals surface area (Å²) in [6, 6.07) is 1.97. The lowest BCUT2D eigenvalue weighted by Crippen LogP contribution is -2.75. The van der Waals surface area contributed by atoms with Crippen LogP contribution in [0.15, 0.2) is 35.9 Å². The third-order valence-electron chi connectivity index (χ3n) is 14.2. The second-order valence-corrected chi connectivity index (χ2v) is 16.8. The van der Waals surface area contributed by atoms with E-state index in [0.29, 0.717) is 43.5 Å². The number of aromatic nitrogens is 1. The second-order valence-electron chi connectivity index (χ2n) is 16.4. The summed E-state index contributed by atoms with van der Waals surface area (Å²) < 4.78 is 12.9. The number of hydrogen-bond acceptors (Lipinski definition) is 6. The summed E-state index contributed by atoms with van der Waals surface area (Å²) in [5.74, 6) is -0.520. The van der Waals surface area contributed by atoms with E-state index in [1.54, 1.807) is 13.8 Å². The third-order valence-corrected chi connectivity index (χ3v) is 14.6. The van der Waals surface area contributed by atoms with Gasteiger partial charge in [-0.25, -0.2) is 0 Å². The molecule has 2 saturated heterocycles. The first kappa shape index (κ1) is 29.2. The van der Waals surface area contributed by atoms with Crippen molar-refractivity contribution in [3.63, 3.8) is 0 Å². The molecular weight excluding hydrogens is 590 g/mol. The lowest BCUT2D eigenvalue weighted by atomic mass is 9.41. The molecule has 5 fully saturated rings. The zero-order valence-corrected chi connectivity index (χ0v) is 27.5. The number of nitrogens with one attached hydrogen (secondary N) is 1. The molecular formula is C37H44ClNO6. The van der Waals surface area contributed by atoms with Gasteiger partial charge in [0, 0.05) is 49.8 Å². The highest BCUT2D eigenvalue weighted by Gasteiger charge is 2.85. The van der Waals surface area contributed by atoms with Gasteiger partial charge in [-0.2, -0.15) is 0 Å². The summed E-state index contributed by atoms with van der Waals surface area (Å²) >= 11 is 7.00. The van der Waals surface area contributed by atoms with Crippen molar-refractivity contribution in [2.75, 3.05) is 0 Å². The molecule has 0 radical (unpaired) electrons. The zero-order chi connectivity index (χ0) is 32.0. The van der Waals surface area contributed by atoms with Gasteiger partial charge in [-0.3, -0.25) is 0 Å². The van der Waals surface area contributed by atoms with Gasteiger partial charge in [0.1, 0.15) is 29.5 Å². The molecule has 1 unspecified atom stereocenters. The van der Waals surface area contributed by atoms with Crippen LogP contribution < -0.4 is 0 Å². The number of aliphatic hydroxyl groups excluding tert-OH is 1. The van der Waals surface area contributed by atoms with Crippen LogP contribution in [-0.4, -0.2) is 66.6 Å². The molecule has 7 aliphatic rings. The van der Waals surface area contributed by atoms with Crippen LogP contribution in [0, 0.1) is 17.3 Å². The Hall–Kier alpha value is -1.97. The smallest absolute Gasteiger partial charge is 0.153 e. The Kier molecular flexibility index (Phi) is 5.30. The number of H-pyrrole nitrogens is 1. The molecule has 3 saturated carbocycles. The van der Waals surface area contributed by atoms with Crippen molar-refractivity contribution in [2.45, 2.75) is 125 Å². The number of epoxide rings is 1. The van der Waals surface area contributed by atoms with E-state index >= 15 is 0 Å². The molecule has 3 heterocycles. The largest absolute Gasteiger partial charge is 0.390 e. The predicted octanol–water partition coefficient (Wildman–Crippen LogP) is 5.35. The molecule has 45 heavy (non-hydrogen) atoms. The van der Waals surface area contributed by atoms with Crippen LogP contribution in [0.5, 0.6) is 0 Å². The Balaban J connectivity index is 1.23. The van der Waals surface area contributed by atoms with E-state index in [9.17, 15) is 20.4 Å².